The molecule has 0 amide bonds. The molecule has 0 fully saturated rings. The number of thiazole rings is 1. The van der Waals surface area contributed by atoms with Crippen molar-refractivity contribution < 1.29 is 19.1 Å². The Labute approximate surface area is 203 Å². The van der Waals surface area contributed by atoms with E-state index in [0.29, 0.717) is 16.3 Å². The third-order valence-electron chi connectivity index (χ3n) is 6.52. The zero-order chi connectivity index (χ0) is 24.5. The fraction of sp³-hybridized carbons (Fsp3) is 0.296. The monoisotopic (exact) mass is 476 g/mol. The normalized spacial score (nSPS) is 22.1. The smallest absolute Gasteiger partial charge is 0.336 e. The third kappa shape index (κ3) is 3.70. The number of nitrogens with zero attached hydrogens (tertiary/aromatic N) is 1. The number of methoxy groups -OCH3 is 2. The highest BCUT2D eigenvalue weighted by molar-refractivity contribution is 7.12. The van der Waals surface area contributed by atoms with Crippen molar-refractivity contribution in [3.8, 4) is 11.3 Å². The summed E-state index contributed by atoms with van der Waals surface area (Å²) < 4.78 is 10.6. The Kier molecular flexibility index (Phi) is 6.57. The Morgan fingerprint density at radius 2 is 1.59 bits per heavy atom. The number of carbonyl (C=O) groups is 2. The van der Waals surface area contributed by atoms with Crippen LogP contribution in [0.15, 0.2) is 71.9 Å². The Bertz CT molecular complexity index is 1240. The van der Waals surface area contributed by atoms with E-state index in [2.05, 4.69) is 5.32 Å². The molecule has 1 aliphatic rings. The standard InChI is InChI=1S/C27H28N2O4S/c1-16-21(24(30)32-4)22(19-12-8-6-9-13-19)27(18(3)28-16,26(31)33-5)25-29-23(17(2)34-25)20-14-10-7-11-15-20/h6-15,18,22,28H,1-5H3. The maximum atomic E-state index is 13.8. The molecule has 6 nitrogen and oxygen atoms in total. The number of aromatic nitrogens is 1. The SMILES string of the molecule is COC(=O)C1=C(C)NC(C)C(C(=O)OC)(c2nc(-c3ccccc3)c(C)s2)C1c1ccccc1. The summed E-state index contributed by atoms with van der Waals surface area (Å²) in [6, 6.07) is 19.0. The molecule has 2 heterocycles. The quantitative estimate of drug-likeness (QED) is 0.536. The van der Waals surface area contributed by atoms with E-state index in [1.54, 1.807) is 0 Å². The zero-order valence-electron chi connectivity index (χ0n) is 19.9. The van der Waals surface area contributed by atoms with Crippen LogP contribution in [0, 0.1) is 6.92 Å². The van der Waals surface area contributed by atoms with Gasteiger partial charge in [0.2, 0.25) is 0 Å². The van der Waals surface area contributed by atoms with Crippen molar-refractivity contribution >= 4 is 23.3 Å². The van der Waals surface area contributed by atoms with Crippen molar-refractivity contribution in [2.24, 2.45) is 0 Å². The van der Waals surface area contributed by atoms with Crippen molar-refractivity contribution in [1.82, 2.24) is 10.3 Å². The van der Waals surface area contributed by atoms with E-state index < -0.39 is 29.3 Å². The van der Waals surface area contributed by atoms with Crippen LogP contribution in [-0.4, -0.2) is 37.2 Å². The Balaban J connectivity index is 2.05. The molecule has 1 aromatic heterocycles. The highest BCUT2D eigenvalue weighted by Crippen LogP contribution is 2.52. The molecule has 1 aliphatic heterocycles. The average Bonchev–Trinajstić information content (AvgIpc) is 3.25. The van der Waals surface area contributed by atoms with Gasteiger partial charge in [-0.2, -0.15) is 0 Å². The molecule has 0 radical (unpaired) electrons. The first-order chi connectivity index (χ1) is 16.4. The van der Waals surface area contributed by atoms with E-state index >= 15 is 0 Å². The summed E-state index contributed by atoms with van der Waals surface area (Å²) in [6.45, 7) is 5.76. The fourth-order valence-electron chi connectivity index (χ4n) is 4.96. The predicted octanol–water partition coefficient (Wildman–Crippen LogP) is 4.75. The van der Waals surface area contributed by atoms with Crippen LogP contribution in [0.3, 0.4) is 0 Å². The summed E-state index contributed by atoms with van der Waals surface area (Å²) >= 11 is 1.46. The largest absolute Gasteiger partial charge is 0.468 e. The first kappa shape index (κ1) is 23.7. The maximum Gasteiger partial charge on any atom is 0.336 e. The van der Waals surface area contributed by atoms with E-state index in [-0.39, 0.29) is 0 Å². The second kappa shape index (κ2) is 9.43. The fourth-order valence-corrected chi connectivity index (χ4v) is 6.20. The molecular weight excluding hydrogens is 448 g/mol. The molecule has 3 atom stereocenters. The minimum Gasteiger partial charge on any atom is -0.468 e. The molecule has 176 valence electrons. The molecule has 0 bridgehead atoms. The van der Waals surface area contributed by atoms with E-state index in [9.17, 15) is 9.59 Å². The van der Waals surface area contributed by atoms with E-state index in [0.717, 1.165) is 21.7 Å². The van der Waals surface area contributed by atoms with Gasteiger partial charge in [-0.05, 0) is 26.3 Å². The topological polar surface area (TPSA) is 77.5 Å². The molecule has 0 aliphatic carbocycles. The average molecular weight is 477 g/mol. The summed E-state index contributed by atoms with van der Waals surface area (Å²) in [5, 5.41) is 3.96. The lowest BCUT2D eigenvalue weighted by Crippen LogP contribution is -2.60. The van der Waals surface area contributed by atoms with Gasteiger partial charge in [0.05, 0.1) is 25.5 Å². The minimum absolute atomic E-state index is 0.395. The second-order valence-electron chi connectivity index (χ2n) is 8.39. The van der Waals surface area contributed by atoms with Gasteiger partial charge in [0.1, 0.15) is 5.01 Å². The van der Waals surface area contributed by atoms with Gasteiger partial charge in [-0.25, -0.2) is 9.78 Å². The van der Waals surface area contributed by atoms with Gasteiger partial charge < -0.3 is 14.8 Å². The van der Waals surface area contributed by atoms with Crippen LogP contribution in [0.4, 0.5) is 0 Å². The van der Waals surface area contributed by atoms with Crippen molar-refractivity contribution in [1.29, 1.82) is 0 Å². The first-order valence-electron chi connectivity index (χ1n) is 11.1. The Morgan fingerprint density at radius 1 is 0.971 bits per heavy atom. The molecule has 0 spiro atoms. The number of nitrogens with one attached hydrogen (secondary N) is 1. The molecule has 4 rings (SSSR count). The summed E-state index contributed by atoms with van der Waals surface area (Å²) in [4.78, 5) is 32.9. The van der Waals surface area contributed by atoms with Crippen LogP contribution < -0.4 is 5.32 Å². The zero-order valence-corrected chi connectivity index (χ0v) is 20.7. The molecule has 3 unspecified atom stereocenters. The number of aryl methyl sites for hydroxylation is 1. The van der Waals surface area contributed by atoms with Gasteiger partial charge in [-0.15, -0.1) is 11.3 Å². The Morgan fingerprint density at radius 3 is 2.18 bits per heavy atom. The van der Waals surface area contributed by atoms with Gasteiger partial charge in [0, 0.05) is 28.1 Å². The lowest BCUT2D eigenvalue weighted by Gasteiger charge is -2.46. The van der Waals surface area contributed by atoms with E-state index in [1.807, 2.05) is 81.4 Å². The minimum atomic E-state index is -1.29. The summed E-state index contributed by atoms with van der Waals surface area (Å²) in [5.41, 5.74) is 2.37. The van der Waals surface area contributed by atoms with Gasteiger partial charge in [0.15, 0.2) is 5.41 Å². The third-order valence-corrected chi connectivity index (χ3v) is 7.65. The van der Waals surface area contributed by atoms with Gasteiger partial charge >= 0.3 is 11.9 Å². The highest BCUT2D eigenvalue weighted by Gasteiger charge is 2.60. The number of hydrogen-bond acceptors (Lipinski definition) is 7. The molecular formula is C27H28N2O4S. The summed E-state index contributed by atoms with van der Waals surface area (Å²) in [5.74, 6) is -1.60. The van der Waals surface area contributed by atoms with Crippen LogP contribution in [0.5, 0.6) is 0 Å². The number of hydrogen-bond donors (Lipinski definition) is 1. The predicted molar refractivity (Wildman–Crippen MR) is 132 cm³/mol. The molecule has 0 saturated carbocycles. The number of allylic oxidation sites excluding steroid dienone is 1. The summed E-state index contributed by atoms with van der Waals surface area (Å²) in [7, 11) is 2.73. The highest BCUT2D eigenvalue weighted by atomic mass is 32.1. The molecule has 34 heavy (non-hydrogen) atoms. The van der Waals surface area contributed by atoms with Crippen molar-refractivity contribution in [2.45, 2.75) is 38.1 Å². The van der Waals surface area contributed by atoms with Gasteiger partial charge in [-0.1, -0.05) is 60.7 Å². The number of rotatable bonds is 5. The molecule has 3 aromatic rings. The number of ether oxygens (including phenoxy) is 2. The van der Waals surface area contributed by atoms with Crippen molar-refractivity contribution in [2.75, 3.05) is 14.2 Å². The van der Waals surface area contributed by atoms with Crippen molar-refractivity contribution in [3.05, 3.63) is 87.4 Å². The molecule has 7 heteroatoms. The molecule has 2 aromatic carbocycles. The van der Waals surface area contributed by atoms with Crippen LogP contribution >= 0.6 is 11.3 Å². The van der Waals surface area contributed by atoms with Crippen molar-refractivity contribution in [3.63, 3.8) is 0 Å². The maximum absolute atomic E-state index is 13.8. The lowest BCUT2D eigenvalue weighted by molar-refractivity contribution is -0.150. The van der Waals surface area contributed by atoms with E-state index in [4.69, 9.17) is 14.5 Å². The number of carbonyl (C=O) groups excluding carboxylic acids is 2. The molecule has 0 saturated heterocycles. The van der Waals surface area contributed by atoms with Crippen LogP contribution in [0.25, 0.3) is 11.3 Å². The van der Waals surface area contributed by atoms with Crippen LogP contribution in [-0.2, 0) is 24.5 Å². The number of benzene rings is 2. The lowest BCUT2D eigenvalue weighted by atomic mass is 9.62. The van der Waals surface area contributed by atoms with Crippen LogP contribution in [0.2, 0.25) is 0 Å². The second-order valence-corrected chi connectivity index (χ2v) is 9.59. The van der Waals surface area contributed by atoms with Gasteiger partial charge in [0.25, 0.3) is 0 Å². The first-order valence-corrected chi connectivity index (χ1v) is 11.9. The van der Waals surface area contributed by atoms with Gasteiger partial charge in [-0.3, -0.25) is 4.79 Å². The Hall–Kier alpha value is -3.45. The molecule has 1 N–H and O–H groups in total. The van der Waals surface area contributed by atoms with Crippen LogP contribution in [0.1, 0.15) is 35.2 Å². The van der Waals surface area contributed by atoms with E-state index in [1.165, 1.54) is 25.6 Å². The summed E-state index contributed by atoms with van der Waals surface area (Å²) in [6.07, 6.45) is 0. The number of esters is 2.